The Hall–Kier alpha value is -1.55. The highest BCUT2D eigenvalue weighted by molar-refractivity contribution is 6.30. The zero-order chi connectivity index (χ0) is 16.2. The summed E-state index contributed by atoms with van der Waals surface area (Å²) in [6.07, 6.45) is -0.644. The maximum atomic E-state index is 10.7. The second kappa shape index (κ2) is 7.14. The summed E-state index contributed by atoms with van der Waals surface area (Å²) in [5.41, 5.74) is 1.47. The molecule has 1 unspecified atom stereocenters. The van der Waals surface area contributed by atoms with Gasteiger partial charge in [0.15, 0.2) is 0 Å². The van der Waals surface area contributed by atoms with Gasteiger partial charge < -0.3 is 15.2 Å². The minimum atomic E-state index is -0.644. The molecule has 22 heavy (non-hydrogen) atoms. The molecule has 118 valence electrons. The van der Waals surface area contributed by atoms with Crippen LogP contribution in [0.15, 0.2) is 48.5 Å². The SMILES string of the molecule is COc1cccc(C(O)C(C)(C)NCc2ccc(Cl)cc2)c1. The summed E-state index contributed by atoms with van der Waals surface area (Å²) in [5, 5.41) is 14.8. The molecule has 0 aliphatic carbocycles. The summed E-state index contributed by atoms with van der Waals surface area (Å²) in [6.45, 7) is 4.62. The Morgan fingerprint density at radius 3 is 2.50 bits per heavy atom. The first-order chi connectivity index (χ1) is 10.4. The van der Waals surface area contributed by atoms with E-state index in [0.717, 1.165) is 21.9 Å². The number of rotatable bonds is 6. The van der Waals surface area contributed by atoms with Crippen molar-refractivity contribution in [2.45, 2.75) is 32.0 Å². The highest BCUT2D eigenvalue weighted by Gasteiger charge is 2.28. The molecule has 0 heterocycles. The Balaban J connectivity index is 2.06. The summed E-state index contributed by atoms with van der Waals surface area (Å²) in [4.78, 5) is 0. The first-order valence-electron chi connectivity index (χ1n) is 7.24. The molecule has 0 aliphatic rings. The van der Waals surface area contributed by atoms with E-state index in [1.54, 1.807) is 7.11 Å². The van der Waals surface area contributed by atoms with E-state index in [1.165, 1.54) is 0 Å². The van der Waals surface area contributed by atoms with E-state index < -0.39 is 11.6 Å². The minimum Gasteiger partial charge on any atom is -0.497 e. The zero-order valence-corrected chi connectivity index (χ0v) is 13.9. The lowest BCUT2D eigenvalue weighted by Crippen LogP contribution is -2.44. The number of benzene rings is 2. The Labute approximate surface area is 136 Å². The van der Waals surface area contributed by atoms with Crippen molar-refractivity contribution >= 4 is 11.6 Å². The second-order valence-electron chi connectivity index (χ2n) is 5.88. The molecular weight excluding hydrogens is 298 g/mol. The van der Waals surface area contributed by atoms with Gasteiger partial charge in [-0.1, -0.05) is 35.9 Å². The van der Waals surface area contributed by atoms with E-state index in [-0.39, 0.29) is 0 Å². The third-order valence-corrected chi connectivity index (χ3v) is 4.01. The fraction of sp³-hybridized carbons (Fsp3) is 0.333. The predicted octanol–water partition coefficient (Wildman–Crippen LogP) is 3.95. The van der Waals surface area contributed by atoms with Gasteiger partial charge in [-0.05, 0) is 49.2 Å². The van der Waals surface area contributed by atoms with Gasteiger partial charge in [-0.15, -0.1) is 0 Å². The Morgan fingerprint density at radius 1 is 1.18 bits per heavy atom. The third kappa shape index (κ3) is 4.23. The molecule has 0 saturated heterocycles. The van der Waals surface area contributed by atoms with Crippen molar-refractivity contribution in [2.75, 3.05) is 7.11 Å². The van der Waals surface area contributed by atoms with E-state index in [0.29, 0.717) is 6.54 Å². The number of ether oxygens (including phenoxy) is 1. The van der Waals surface area contributed by atoms with Crippen LogP contribution in [0.2, 0.25) is 5.02 Å². The van der Waals surface area contributed by atoms with Crippen LogP contribution in [-0.2, 0) is 6.54 Å². The van der Waals surface area contributed by atoms with Gasteiger partial charge in [0.1, 0.15) is 5.75 Å². The van der Waals surface area contributed by atoms with Gasteiger partial charge in [-0.3, -0.25) is 0 Å². The van der Waals surface area contributed by atoms with Crippen molar-refractivity contribution in [3.63, 3.8) is 0 Å². The number of methoxy groups -OCH3 is 1. The van der Waals surface area contributed by atoms with E-state index in [4.69, 9.17) is 16.3 Å². The topological polar surface area (TPSA) is 41.5 Å². The van der Waals surface area contributed by atoms with Gasteiger partial charge in [0.2, 0.25) is 0 Å². The summed E-state index contributed by atoms with van der Waals surface area (Å²) < 4.78 is 5.21. The molecule has 0 spiro atoms. The van der Waals surface area contributed by atoms with Crippen molar-refractivity contribution in [1.82, 2.24) is 5.32 Å². The first kappa shape index (κ1) is 16.8. The molecule has 0 aliphatic heterocycles. The smallest absolute Gasteiger partial charge is 0.119 e. The van der Waals surface area contributed by atoms with E-state index in [2.05, 4.69) is 5.32 Å². The average molecular weight is 320 g/mol. The number of hydrogen-bond acceptors (Lipinski definition) is 3. The zero-order valence-electron chi connectivity index (χ0n) is 13.1. The van der Waals surface area contributed by atoms with E-state index in [1.807, 2.05) is 62.4 Å². The average Bonchev–Trinajstić information content (AvgIpc) is 2.53. The lowest BCUT2D eigenvalue weighted by Gasteiger charge is -2.32. The summed E-state index contributed by atoms with van der Waals surface area (Å²) in [5.74, 6) is 0.741. The van der Waals surface area contributed by atoms with Gasteiger partial charge in [0.05, 0.1) is 13.2 Å². The van der Waals surface area contributed by atoms with Crippen molar-refractivity contribution in [3.8, 4) is 5.75 Å². The largest absolute Gasteiger partial charge is 0.497 e. The van der Waals surface area contributed by atoms with Gasteiger partial charge in [-0.25, -0.2) is 0 Å². The summed E-state index contributed by atoms with van der Waals surface area (Å²) >= 11 is 5.89. The first-order valence-corrected chi connectivity index (χ1v) is 7.61. The maximum absolute atomic E-state index is 10.7. The van der Waals surface area contributed by atoms with E-state index >= 15 is 0 Å². The monoisotopic (exact) mass is 319 g/mol. The quantitative estimate of drug-likeness (QED) is 0.847. The Bertz CT molecular complexity index is 611. The molecule has 4 heteroatoms. The normalized spacial score (nSPS) is 13.0. The number of nitrogens with one attached hydrogen (secondary N) is 1. The van der Waals surface area contributed by atoms with Crippen molar-refractivity contribution < 1.29 is 9.84 Å². The fourth-order valence-corrected chi connectivity index (χ4v) is 2.38. The molecular formula is C18H22ClNO2. The van der Waals surface area contributed by atoms with Gasteiger partial charge in [-0.2, -0.15) is 0 Å². The van der Waals surface area contributed by atoms with Crippen molar-refractivity contribution in [2.24, 2.45) is 0 Å². The van der Waals surface area contributed by atoms with Crippen LogP contribution in [-0.4, -0.2) is 17.8 Å². The highest BCUT2D eigenvalue weighted by atomic mass is 35.5. The van der Waals surface area contributed by atoms with Crippen LogP contribution < -0.4 is 10.1 Å². The number of aliphatic hydroxyl groups is 1. The minimum absolute atomic E-state index is 0.480. The standard InChI is InChI=1S/C18H22ClNO2/c1-18(2,20-12-13-7-9-15(19)10-8-13)17(21)14-5-4-6-16(11-14)22-3/h4-11,17,20-21H,12H2,1-3H3. The number of halogens is 1. The molecule has 0 aromatic heterocycles. The number of aliphatic hydroxyl groups excluding tert-OH is 1. The molecule has 3 nitrogen and oxygen atoms in total. The lowest BCUT2D eigenvalue weighted by molar-refractivity contribution is 0.0789. The van der Waals surface area contributed by atoms with Crippen molar-refractivity contribution in [3.05, 3.63) is 64.7 Å². The van der Waals surface area contributed by atoms with Crippen LogP contribution >= 0.6 is 11.6 Å². The van der Waals surface area contributed by atoms with Crippen LogP contribution in [0.5, 0.6) is 5.75 Å². The maximum Gasteiger partial charge on any atom is 0.119 e. The van der Waals surface area contributed by atoms with Gasteiger partial charge in [0.25, 0.3) is 0 Å². The molecule has 0 radical (unpaired) electrons. The molecule has 0 amide bonds. The fourth-order valence-electron chi connectivity index (χ4n) is 2.26. The van der Waals surface area contributed by atoms with Gasteiger partial charge >= 0.3 is 0 Å². The van der Waals surface area contributed by atoms with Crippen LogP contribution in [0.25, 0.3) is 0 Å². The van der Waals surface area contributed by atoms with Crippen LogP contribution in [0.1, 0.15) is 31.1 Å². The summed E-state index contributed by atoms with van der Waals surface area (Å²) in [6, 6.07) is 15.2. The highest BCUT2D eigenvalue weighted by Crippen LogP contribution is 2.28. The van der Waals surface area contributed by atoms with Crippen LogP contribution in [0.3, 0.4) is 0 Å². The molecule has 2 aromatic carbocycles. The van der Waals surface area contributed by atoms with Gasteiger partial charge in [0, 0.05) is 17.1 Å². The molecule has 0 fully saturated rings. The van der Waals surface area contributed by atoms with Crippen LogP contribution in [0, 0.1) is 0 Å². The molecule has 2 rings (SSSR count). The molecule has 2 N–H and O–H groups in total. The van der Waals surface area contributed by atoms with Crippen molar-refractivity contribution in [1.29, 1.82) is 0 Å². The predicted molar refractivity (Wildman–Crippen MR) is 90.3 cm³/mol. The second-order valence-corrected chi connectivity index (χ2v) is 6.32. The molecule has 0 bridgehead atoms. The molecule has 0 saturated carbocycles. The lowest BCUT2D eigenvalue weighted by atomic mass is 9.91. The van der Waals surface area contributed by atoms with E-state index in [9.17, 15) is 5.11 Å². The molecule has 1 atom stereocenters. The third-order valence-electron chi connectivity index (χ3n) is 3.75. The summed E-state index contributed by atoms with van der Waals surface area (Å²) in [7, 11) is 1.62. The van der Waals surface area contributed by atoms with Crippen LogP contribution in [0.4, 0.5) is 0 Å². The Morgan fingerprint density at radius 2 is 1.86 bits per heavy atom. The molecule has 2 aromatic rings. The Kier molecular flexibility index (Phi) is 5.46. The number of hydrogen-bond donors (Lipinski definition) is 2.